The second kappa shape index (κ2) is 9.82. The molecular weight excluding hydrogens is 373 g/mol. The molecule has 1 N–H and O–H groups in total. The Morgan fingerprint density at radius 2 is 1.95 bits per heavy atom. The predicted molar refractivity (Wildman–Crippen MR) is 85.8 cm³/mol. The van der Waals surface area contributed by atoms with E-state index in [1.807, 2.05) is 53.8 Å². The number of para-hydroxylation sites is 2. The third-order valence-corrected chi connectivity index (χ3v) is 3.41. The van der Waals surface area contributed by atoms with Crippen LogP contribution in [0.2, 0.25) is 0 Å². The quantitative estimate of drug-likeness (QED) is 0.301. The number of benzene rings is 1. The number of ether oxygens (including phenoxy) is 3. The molecule has 1 aromatic carbocycles. The maximum Gasteiger partial charge on any atom is 0.319 e. The van der Waals surface area contributed by atoms with E-state index in [0.717, 1.165) is 11.5 Å². The molecule has 0 bridgehead atoms. The van der Waals surface area contributed by atoms with Crippen molar-refractivity contribution >= 4 is 28.6 Å². The van der Waals surface area contributed by atoms with Crippen LogP contribution in [0.5, 0.6) is 11.5 Å². The summed E-state index contributed by atoms with van der Waals surface area (Å²) in [6, 6.07) is 7.57. The molecule has 0 aromatic heterocycles. The molecule has 0 aliphatic heterocycles. The van der Waals surface area contributed by atoms with Gasteiger partial charge in [-0.3, -0.25) is 4.79 Å². The van der Waals surface area contributed by atoms with Crippen molar-refractivity contribution in [1.82, 2.24) is 5.32 Å². The van der Waals surface area contributed by atoms with Gasteiger partial charge in [0.2, 0.25) is 0 Å². The van der Waals surface area contributed by atoms with E-state index in [-0.39, 0.29) is 9.89 Å². The van der Waals surface area contributed by atoms with Gasteiger partial charge in [0.25, 0.3) is 0 Å². The zero-order chi connectivity index (χ0) is 14.8. The standard InChI is InChI=1S/C14H20INO4/c1-3-19-12-6-4-5-7-13(12)20-9-8-16-10-11(15)14(17)18-2/h4-7,11,16H,3,8-10H2,1-2H3. The summed E-state index contributed by atoms with van der Waals surface area (Å²) in [6.45, 7) is 4.26. The van der Waals surface area contributed by atoms with E-state index in [2.05, 4.69) is 10.1 Å². The monoisotopic (exact) mass is 393 g/mol. The molecule has 112 valence electrons. The Labute approximate surface area is 133 Å². The van der Waals surface area contributed by atoms with Crippen molar-refractivity contribution in [2.24, 2.45) is 0 Å². The van der Waals surface area contributed by atoms with Gasteiger partial charge in [0, 0.05) is 13.1 Å². The third-order valence-electron chi connectivity index (χ3n) is 2.47. The first-order valence-electron chi connectivity index (χ1n) is 6.46. The highest BCUT2D eigenvalue weighted by Gasteiger charge is 2.13. The number of hydrogen-bond donors (Lipinski definition) is 1. The van der Waals surface area contributed by atoms with Gasteiger partial charge in [-0.1, -0.05) is 34.7 Å². The van der Waals surface area contributed by atoms with Gasteiger partial charge in [-0.15, -0.1) is 0 Å². The maximum atomic E-state index is 11.2. The molecule has 0 radical (unpaired) electrons. The van der Waals surface area contributed by atoms with Gasteiger partial charge < -0.3 is 19.5 Å². The van der Waals surface area contributed by atoms with E-state index in [1.54, 1.807) is 0 Å². The topological polar surface area (TPSA) is 56.8 Å². The molecule has 0 heterocycles. The van der Waals surface area contributed by atoms with E-state index in [9.17, 15) is 4.79 Å². The molecule has 1 aromatic rings. The summed E-state index contributed by atoms with van der Waals surface area (Å²) in [5, 5.41) is 3.15. The molecule has 0 saturated heterocycles. The smallest absolute Gasteiger partial charge is 0.319 e. The minimum Gasteiger partial charge on any atom is -0.490 e. The molecule has 0 spiro atoms. The Balaban J connectivity index is 2.26. The van der Waals surface area contributed by atoms with Crippen molar-refractivity contribution < 1.29 is 19.0 Å². The summed E-state index contributed by atoms with van der Waals surface area (Å²) in [5.41, 5.74) is 0. The number of nitrogens with one attached hydrogen (secondary N) is 1. The van der Waals surface area contributed by atoms with Crippen LogP contribution < -0.4 is 14.8 Å². The van der Waals surface area contributed by atoms with Crippen LogP contribution in [0, 0.1) is 0 Å². The van der Waals surface area contributed by atoms with Gasteiger partial charge >= 0.3 is 5.97 Å². The van der Waals surface area contributed by atoms with E-state index in [4.69, 9.17) is 9.47 Å². The zero-order valence-electron chi connectivity index (χ0n) is 11.7. The Bertz CT molecular complexity index is 414. The number of rotatable bonds is 9. The molecule has 20 heavy (non-hydrogen) atoms. The number of halogens is 1. The first-order valence-corrected chi connectivity index (χ1v) is 7.70. The second-order valence-corrected chi connectivity index (χ2v) is 5.43. The number of carbonyl (C=O) groups is 1. The zero-order valence-corrected chi connectivity index (χ0v) is 13.9. The van der Waals surface area contributed by atoms with E-state index >= 15 is 0 Å². The molecule has 0 amide bonds. The number of methoxy groups -OCH3 is 1. The minimum absolute atomic E-state index is 0.187. The molecule has 0 aliphatic rings. The average Bonchev–Trinajstić information content (AvgIpc) is 2.47. The van der Waals surface area contributed by atoms with Gasteiger partial charge in [-0.05, 0) is 19.1 Å². The number of carbonyl (C=O) groups excluding carboxylic acids is 1. The van der Waals surface area contributed by atoms with Gasteiger partial charge in [-0.2, -0.15) is 0 Å². The average molecular weight is 393 g/mol. The summed E-state index contributed by atoms with van der Waals surface area (Å²) in [6.07, 6.45) is 0. The molecule has 0 saturated carbocycles. The van der Waals surface area contributed by atoms with Crippen molar-refractivity contribution in [3.8, 4) is 11.5 Å². The lowest BCUT2D eigenvalue weighted by molar-refractivity contribution is -0.139. The third kappa shape index (κ3) is 5.96. The molecule has 6 heteroatoms. The van der Waals surface area contributed by atoms with Crippen molar-refractivity contribution in [3.63, 3.8) is 0 Å². The lowest BCUT2D eigenvalue weighted by Gasteiger charge is -2.12. The number of alkyl halides is 1. The molecule has 0 fully saturated rings. The van der Waals surface area contributed by atoms with Crippen molar-refractivity contribution in [1.29, 1.82) is 0 Å². The van der Waals surface area contributed by atoms with Crippen LogP contribution in [0.15, 0.2) is 24.3 Å². The number of hydrogen-bond acceptors (Lipinski definition) is 5. The SMILES string of the molecule is CCOc1ccccc1OCCNCC(I)C(=O)OC. The van der Waals surface area contributed by atoms with Crippen LogP contribution in [-0.4, -0.2) is 43.3 Å². The molecule has 5 nitrogen and oxygen atoms in total. The fourth-order valence-corrected chi connectivity index (χ4v) is 2.08. The Morgan fingerprint density at radius 3 is 2.55 bits per heavy atom. The lowest BCUT2D eigenvalue weighted by atomic mass is 10.3. The fourth-order valence-electron chi connectivity index (χ4n) is 1.52. The van der Waals surface area contributed by atoms with Crippen molar-refractivity contribution in [2.45, 2.75) is 10.8 Å². The minimum atomic E-state index is -0.222. The van der Waals surface area contributed by atoms with Crippen LogP contribution in [0.1, 0.15) is 6.92 Å². The fraction of sp³-hybridized carbons (Fsp3) is 0.500. The van der Waals surface area contributed by atoms with Crippen LogP contribution in [0.25, 0.3) is 0 Å². The largest absolute Gasteiger partial charge is 0.490 e. The lowest BCUT2D eigenvalue weighted by Crippen LogP contribution is -2.32. The predicted octanol–water partition coefficient (Wildman–Crippen LogP) is 2.03. The van der Waals surface area contributed by atoms with E-state index in [0.29, 0.717) is 26.3 Å². The molecular formula is C14H20INO4. The van der Waals surface area contributed by atoms with Crippen LogP contribution in [0.4, 0.5) is 0 Å². The summed E-state index contributed by atoms with van der Waals surface area (Å²) in [5.74, 6) is 1.26. The first kappa shape index (κ1) is 17.0. The van der Waals surface area contributed by atoms with Gasteiger partial charge in [0.1, 0.15) is 10.5 Å². The highest BCUT2D eigenvalue weighted by molar-refractivity contribution is 14.1. The summed E-state index contributed by atoms with van der Waals surface area (Å²) in [4.78, 5) is 11.2. The van der Waals surface area contributed by atoms with Gasteiger partial charge in [-0.25, -0.2) is 0 Å². The first-order chi connectivity index (χ1) is 9.69. The highest BCUT2D eigenvalue weighted by atomic mass is 127. The molecule has 0 aliphatic carbocycles. The normalized spacial score (nSPS) is 11.8. The molecule has 1 atom stereocenters. The Kier molecular flexibility index (Phi) is 8.36. The van der Waals surface area contributed by atoms with Gasteiger partial charge in [0.05, 0.1) is 13.7 Å². The van der Waals surface area contributed by atoms with Crippen molar-refractivity contribution in [3.05, 3.63) is 24.3 Å². The Morgan fingerprint density at radius 1 is 1.30 bits per heavy atom. The molecule has 1 rings (SSSR count). The van der Waals surface area contributed by atoms with Crippen molar-refractivity contribution in [2.75, 3.05) is 33.4 Å². The molecule has 1 unspecified atom stereocenters. The van der Waals surface area contributed by atoms with Gasteiger partial charge in [0.15, 0.2) is 11.5 Å². The van der Waals surface area contributed by atoms with Crippen LogP contribution in [-0.2, 0) is 9.53 Å². The summed E-state index contributed by atoms with van der Waals surface area (Å²) in [7, 11) is 1.39. The number of esters is 1. The van der Waals surface area contributed by atoms with E-state index < -0.39 is 0 Å². The van der Waals surface area contributed by atoms with Crippen LogP contribution in [0.3, 0.4) is 0 Å². The maximum absolute atomic E-state index is 11.2. The Hall–Kier alpha value is -1.02. The van der Waals surface area contributed by atoms with E-state index in [1.165, 1.54) is 7.11 Å². The summed E-state index contributed by atoms with van der Waals surface area (Å²) >= 11 is 2.05. The highest BCUT2D eigenvalue weighted by Crippen LogP contribution is 2.25. The second-order valence-electron chi connectivity index (χ2n) is 3.92. The summed E-state index contributed by atoms with van der Waals surface area (Å²) < 4.78 is 15.6. The van der Waals surface area contributed by atoms with Crippen LogP contribution >= 0.6 is 22.6 Å².